The lowest BCUT2D eigenvalue weighted by Crippen LogP contribution is -2.24. The van der Waals surface area contributed by atoms with Crippen molar-refractivity contribution in [3.05, 3.63) is 10.5 Å². The summed E-state index contributed by atoms with van der Waals surface area (Å²) >= 11 is 5.05. The second-order valence-corrected chi connectivity index (χ2v) is 3.99. The number of anilines is 1. The maximum absolute atomic E-state index is 5.05. The van der Waals surface area contributed by atoms with Crippen LogP contribution in [0.2, 0.25) is 0 Å². The molecule has 0 aliphatic carbocycles. The normalized spacial score (nSPS) is 10.9. The van der Waals surface area contributed by atoms with E-state index in [-0.39, 0.29) is 0 Å². The summed E-state index contributed by atoms with van der Waals surface area (Å²) in [5.74, 6) is 0.750. The molecular formula is C10H15N5S. The Balaban J connectivity index is 2.60. The van der Waals surface area contributed by atoms with Gasteiger partial charge in [-0.3, -0.25) is 0 Å². The first-order valence-electron chi connectivity index (χ1n) is 5.37. The van der Waals surface area contributed by atoms with Gasteiger partial charge in [-0.1, -0.05) is 0 Å². The maximum Gasteiger partial charge on any atom is 0.227 e. The highest BCUT2D eigenvalue weighted by atomic mass is 32.1. The quantitative estimate of drug-likeness (QED) is 0.803. The van der Waals surface area contributed by atoms with Crippen LogP contribution in [-0.2, 0) is 0 Å². The molecule has 2 N–H and O–H groups in total. The third-order valence-corrected chi connectivity index (χ3v) is 2.80. The van der Waals surface area contributed by atoms with Crippen molar-refractivity contribution in [2.45, 2.75) is 20.8 Å². The van der Waals surface area contributed by atoms with E-state index < -0.39 is 0 Å². The summed E-state index contributed by atoms with van der Waals surface area (Å²) in [6.07, 6.45) is 0. The lowest BCUT2D eigenvalue weighted by atomic mass is 10.4. The van der Waals surface area contributed by atoms with Crippen LogP contribution in [0.5, 0.6) is 0 Å². The van der Waals surface area contributed by atoms with Crippen molar-refractivity contribution < 1.29 is 0 Å². The smallest absolute Gasteiger partial charge is 0.227 e. The van der Waals surface area contributed by atoms with E-state index >= 15 is 0 Å². The van der Waals surface area contributed by atoms with E-state index in [0.29, 0.717) is 4.77 Å². The SMILES string of the molecule is CCN(CC)c1nc(C)c2[nH]c(=S)[nH]c2n1. The molecule has 5 nitrogen and oxygen atoms in total. The fraction of sp³-hybridized carbons (Fsp3) is 0.500. The molecule has 0 bridgehead atoms. The number of aromatic amines is 2. The Kier molecular flexibility index (Phi) is 2.91. The number of hydrogen-bond donors (Lipinski definition) is 2. The Morgan fingerprint density at radius 1 is 1.19 bits per heavy atom. The molecule has 0 saturated carbocycles. The molecule has 0 spiro atoms. The van der Waals surface area contributed by atoms with E-state index in [1.807, 2.05) is 6.92 Å². The van der Waals surface area contributed by atoms with Crippen LogP contribution in [0.25, 0.3) is 11.2 Å². The highest BCUT2D eigenvalue weighted by molar-refractivity contribution is 7.71. The van der Waals surface area contributed by atoms with Crippen molar-refractivity contribution in [2.75, 3.05) is 18.0 Å². The van der Waals surface area contributed by atoms with Crippen LogP contribution in [0.15, 0.2) is 0 Å². The number of rotatable bonds is 3. The number of nitrogens with zero attached hydrogens (tertiary/aromatic N) is 3. The van der Waals surface area contributed by atoms with Crippen molar-refractivity contribution in [3.63, 3.8) is 0 Å². The van der Waals surface area contributed by atoms with E-state index in [1.165, 1.54) is 0 Å². The van der Waals surface area contributed by atoms with Gasteiger partial charge in [-0.15, -0.1) is 0 Å². The predicted octanol–water partition coefficient (Wildman–Crippen LogP) is 2.17. The number of hydrogen-bond acceptors (Lipinski definition) is 4. The number of aryl methyl sites for hydroxylation is 1. The summed E-state index contributed by atoms with van der Waals surface area (Å²) in [4.78, 5) is 17.1. The molecule has 0 atom stereocenters. The van der Waals surface area contributed by atoms with Crippen LogP contribution in [0.3, 0.4) is 0 Å². The summed E-state index contributed by atoms with van der Waals surface area (Å²) in [5, 5.41) is 0. The van der Waals surface area contributed by atoms with Gasteiger partial charge in [0.15, 0.2) is 10.4 Å². The molecule has 0 aliphatic rings. The Morgan fingerprint density at radius 3 is 2.50 bits per heavy atom. The number of fused-ring (bicyclic) bond motifs is 1. The highest BCUT2D eigenvalue weighted by Gasteiger charge is 2.10. The van der Waals surface area contributed by atoms with Crippen molar-refractivity contribution >= 4 is 29.3 Å². The number of nitrogens with one attached hydrogen (secondary N) is 2. The molecule has 0 radical (unpaired) electrons. The average molecular weight is 237 g/mol. The first kappa shape index (κ1) is 11.1. The molecule has 86 valence electrons. The van der Waals surface area contributed by atoms with E-state index in [9.17, 15) is 0 Å². The van der Waals surface area contributed by atoms with Crippen molar-refractivity contribution in [2.24, 2.45) is 0 Å². The van der Waals surface area contributed by atoms with E-state index in [4.69, 9.17) is 12.2 Å². The minimum Gasteiger partial charge on any atom is -0.341 e. The topological polar surface area (TPSA) is 60.6 Å². The molecule has 0 unspecified atom stereocenters. The molecule has 0 amide bonds. The second-order valence-electron chi connectivity index (χ2n) is 3.58. The van der Waals surface area contributed by atoms with Crippen LogP contribution >= 0.6 is 12.2 Å². The fourth-order valence-corrected chi connectivity index (χ4v) is 1.90. The zero-order valence-electron chi connectivity index (χ0n) is 9.66. The maximum atomic E-state index is 5.05. The van der Waals surface area contributed by atoms with Gasteiger partial charge in [-0.25, -0.2) is 4.98 Å². The Morgan fingerprint density at radius 2 is 1.88 bits per heavy atom. The molecule has 2 aromatic rings. The molecule has 0 fully saturated rings. The first-order valence-corrected chi connectivity index (χ1v) is 5.78. The lowest BCUT2D eigenvalue weighted by Gasteiger charge is -2.18. The van der Waals surface area contributed by atoms with Gasteiger partial charge in [-0.2, -0.15) is 4.98 Å². The minimum atomic E-state index is 0.587. The molecule has 2 aromatic heterocycles. The first-order chi connectivity index (χ1) is 7.65. The van der Waals surface area contributed by atoms with Gasteiger partial charge in [0.25, 0.3) is 0 Å². The van der Waals surface area contributed by atoms with Crippen LogP contribution in [0.1, 0.15) is 19.5 Å². The largest absolute Gasteiger partial charge is 0.341 e. The molecule has 0 saturated heterocycles. The van der Waals surface area contributed by atoms with Gasteiger partial charge in [0.2, 0.25) is 5.95 Å². The van der Waals surface area contributed by atoms with Crippen molar-refractivity contribution in [3.8, 4) is 0 Å². The minimum absolute atomic E-state index is 0.587. The van der Waals surface area contributed by atoms with E-state index in [0.717, 1.165) is 35.9 Å². The average Bonchev–Trinajstić information content (AvgIpc) is 2.61. The third-order valence-electron chi connectivity index (χ3n) is 2.59. The van der Waals surface area contributed by atoms with Gasteiger partial charge in [0.1, 0.15) is 5.52 Å². The second kappa shape index (κ2) is 4.21. The summed E-state index contributed by atoms with van der Waals surface area (Å²) in [6, 6.07) is 0. The molecule has 2 rings (SSSR count). The van der Waals surface area contributed by atoms with Gasteiger partial charge in [0, 0.05) is 13.1 Å². The molecule has 6 heteroatoms. The Labute approximate surface area is 98.9 Å². The molecule has 2 heterocycles. The van der Waals surface area contributed by atoms with Crippen molar-refractivity contribution in [1.29, 1.82) is 0 Å². The molecule has 16 heavy (non-hydrogen) atoms. The van der Waals surface area contributed by atoms with Crippen LogP contribution in [0, 0.1) is 11.7 Å². The van der Waals surface area contributed by atoms with Gasteiger partial charge < -0.3 is 14.9 Å². The van der Waals surface area contributed by atoms with Gasteiger partial charge in [0.05, 0.1) is 5.69 Å². The Hall–Kier alpha value is -1.43. The lowest BCUT2D eigenvalue weighted by molar-refractivity contribution is 0.821. The molecule has 0 aliphatic heterocycles. The summed E-state index contributed by atoms with van der Waals surface area (Å²) in [6.45, 7) is 7.92. The number of aromatic nitrogens is 4. The zero-order valence-corrected chi connectivity index (χ0v) is 10.5. The zero-order chi connectivity index (χ0) is 11.7. The summed E-state index contributed by atoms with van der Waals surface area (Å²) in [7, 11) is 0. The number of H-pyrrole nitrogens is 2. The monoisotopic (exact) mass is 237 g/mol. The van der Waals surface area contributed by atoms with Gasteiger partial charge >= 0.3 is 0 Å². The van der Waals surface area contributed by atoms with E-state index in [2.05, 4.69) is 38.7 Å². The van der Waals surface area contributed by atoms with Crippen LogP contribution in [-0.4, -0.2) is 33.0 Å². The summed E-state index contributed by atoms with van der Waals surface area (Å²) < 4.78 is 0.587. The van der Waals surface area contributed by atoms with Crippen LogP contribution in [0.4, 0.5) is 5.95 Å². The third kappa shape index (κ3) is 1.80. The fourth-order valence-electron chi connectivity index (χ4n) is 1.70. The van der Waals surface area contributed by atoms with Gasteiger partial charge in [-0.05, 0) is 33.0 Å². The highest BCUT2D eigenvalue weighted by Crippen LogP contribution is 2.15. The predicted molar refractivity (Wildman–Crippen MR) is 67.4 cm³/mol. The molecular weight excluding hydrogens is 222 g/mol. The Bertz CT molecular complexity index is 552. The van der Waals surface area contributed by atoms with Crippen LogP contribution < -0.4 is 4.90 Å². The summed E-state index contributed by atoms with van der Waals surface area (Å²) in [5.41, 5.74) is 2.58. The molecule has 0 aromatic carbocycles. The van der Waals surface area contributed by atoms with Crippen molar-refractivity contribution in [1.82, 2.24) is 19.9 Å². The standard InChI is InChI=1S/C10H15N5S/c1-4-15(5-2)9-11-6(3)7-8(13-9)14-10(16)12-7/h4-5H2,1-3H3,(H2,11,12,13,14,16). The van der Waals surface area contributed by atoms with E-state index in [1.54, 1.807) is 0 Å². The number of imidazole rings is 1.